The first-order valence-electron chi connectivity index (χ1n) is 25.5. The van der Waals surface area contributed by atoms with Crippen molar-refractivity contribution in [2.75, 3.05) is 0 Å². The van der Waals surface area contributed by atoms with Crippen LogP contribution >= 0.6 is 0 Å². The lowest BCUT2D eigenvalue weighted by Gasteiger charge is -2.31. The third-order valence-corrected chi connectivity index (χ3v) is 20.1. The Labute approximate surface area is 434 Å². The van der Waals surface area contributed by atoms with Gasteiger partial charge in [0.1, 0.15) is 0 Å². The number of aromatic nitrogens is 6. The van der Waals surface area contributed by atoms with Gasteiger partial charge >= 0.3 is 0 Å². The number of hydrogen-bond donors (Lipinski definition) is 0. The van der Waals surface area contributed by atoms with Gasteiger partial charge in [0.15, 0.2) is 19.7 Å². The maximum Gasteiger partial charge on any atom is 0.238 e. The summed E-state index contributed by atoms with van der Waals surface area (Å²) in [5.41, 5.74) is 13.5. The van der Waals surface area contributed by atoms with Crippen molar-refractivity contribution in [1.29, 1.82) is 0 Å². The van der Waals surface area contributed by atoms with E-state index in [1.165, 1.54) is 37.3 Å². The molecule has 350 valence electrons. The van der Waals surface area contributed by atoms with Gasteiger partial charge in [0.2, 0.25) is 5.95 Å². The smallest absolute Gasteiger partial charge is 0.238 e. The van der Waals surface area contributed by atoms with Crippen molar-refractivity contribution < 1.29 is 0 Å². The molecular weight excluding hydrogens is 929 g/mol. The van der Waals surface area contributed by atoms with E-state index in [4.69, 9.17) is 19.9 Å². The van der Waals surface area contributed by atoms with Gasteiger partial charge in [0.25, 0.3) is 0 Å². The summed E-state index contributed by atoms with van der Waals surface area (Å²) >= 11 is 0. The molecule has 0 aliphatic carbocycles. The molecule has 1 aliphatic rings. The molecule has 6 nitrogen and oxygen atoms in total. The third-order valence-electron chi connectivity index (χ3n) is 15.2. The summed E-state index contributed by atoms with van der Waals surface area (Å²) in [5, 5.41) is 10.1. The van der Waals surface area contributed by atoms with Crippen LogP contribution in [0, 0.1) is 0 Å². The van der Waals surface area contributed by atoms with Crippen molar-refractivity contribution in [3.8, 4) is 68.1 Å². The lowest BCUT2D eigenvalue weighted by molar-refractivity contribution is 0.953. The Balaban J connectivity index is 0.994. The summed E-state index contributed by atoms with van der Waals surface area (Å²) in [6.07, 6.45) is 0. The molecule has 0 fully saturated rings. The first-order valence-corrected chi connectivity index (χ1v) is 27.5. The zero-order chi connectivity index (χ0) is 49.5. The van der Waals surface area contributed by atoms with E-state index >= 15 is 0 Å². The summed E-state index contributed by atoms with van der Waals surface area (Å²) in [6.45, 7) is 0. The molecule has 5 heterocycles. The largest absolute Gasteiger partial charge is 0.308 e. The van der Waals surface area contributed by atoms with E-state index in [9.17, 15) is 0 Å². The van der Waals surface area contributed by atoms with Crippen molar-refractivity contribution in [3.05, 3.63) is 267 Å². The van der Waals surface area contributed by atoms with Gasteiger partial charge in [0.05, 0.1) is 39.1 Å². The highest BCUT2D eigenvalue weighted by atomic mass is 28.3. The Morgan fingerprint density at radius 3 is 1.45 bits per heavy atom. The molecule has 0 saturated heterocycles. The van der Waals surface area contributed by atoms with Crippen molar-refractivity contribution in [2.24, 2.45) is 0 Å². The average molecular weight is 973 g/mol. The maximum absolute atomic E-state index is 5.57. The number of rotatable bonds is 8. The molecule has 15 rings (SSSR count). The van der Waals surface area contributed by atoms with Crippen LogP contribution in [0.5, 0.6) is 0 Å². The second-order valence-corrected chi connectivity index (χ2v) is 23.1. The summed E-state index contributed by atoms with van der Waals surface area (Å²) < 4.78 is 4.68. The molecule has 0 N–H and O–H groups in total. The monoisotopic (exact) mass is 972 g/mol. The van der Waals surface area contributed by atoms with Gasteiger partial charge in [-0.3, -0.25) is 4.57 Å². The van der Waals surface area contributed by atoms with E-state index in [2.05, 4.69) is 240 Å². The summed E-state index contributed by atoms with van der Waals surface area (Å²) in [4.78, 5) is 21.2. The fourth-order valence-corrected chi connectivity index (χ4v) is 17.2. The van der Waals surface area contributed by atoms with Gasteiger partial charge < -0.3 is 4.57 Å². The number of para-hydroxylation sites is 2. The molecule has 10 aromatic carbocycles. The molecule has 0 saturated carbocycles. The van der Waals surface area contributed by atoms with Crippen molar-refractivity contribution in [1.82, 2.24) is 29.1 Å². The zero-order valence-corrected chi connectivity index (χ0v) is 41.6. The predicted molar refractivity (Wildman–Crippen MR) is 311 cm³/mol. The van der Waals surface area contributed by atoms with Crippen LogP contribution in [-0.2, 0) is 0 Å². The van der Waals surface area contributed by atoms with E-state index < -0.39 is 8.07 Å². The first-order chi connectivity index (χ1) is 37.2. The molecule has 14 aromatic rings. The Morgan fingerprint density at radius 2 is 0.813 bits per heavy atom. The highest BCUT2D eigenvalue weighted by molar-refractivity contribution is 7.22. The predicted octanol–water partition coefficient (Wildman–Crippen LogP) is 13.5. The fourth-order valence-electron chi connectivity index (χ4n) is 12.0. The first kappa shape index (κ1) is 42.8. The van der Waals surface area contributed by atoms with Crippen LogP contribution in [-0.4, -0.2) is 37.1 Å². The zero-order valence-electron chi connectivity index (χ0n) is 40.6. The van der Waals surface area contributed by atoms with Gasteiger partial charge in [-0.1, -0.05) is 231 Å². The van der Waals surface area contributed by atoms with E-state index in [1.807, 2.05) is 36.4 Å². The van der Waals surface area contributed by atoms with Gasteiger partial charge in [-0.2, -0.15) is 9.97 Å². The molecule has 0 atom stereocenters. The number of benzene rings is 10. The SMILES string of the molecule is c1ccc(-c2cc(-n3c4ccccc4c4ccc5c(c6ccccc6n5-c5nc(-c6ccccc6)nc(-c6ccccc6)n5)c43)cc(-c3ccc4c(c3)-c3ccccc3[Si]4(c3ccccc3)c3ccccc3)n2)cc1. The molecule has 1 aliphatic heterocycles. The molecule has 0 amide bonds. The van der Waals surface area contributed by atoms with Crippen LogP contribution in [0.4, 0.5) is 0 Å². The molecule has 0 radical (unpaired) electrons. The molecule has 75 heavy (non-hydrogen) atoms. The van der Waals surface area contributed by atoms with Crippen LogP contribution < -0.4 is 20.7 Å². The van der Waals surface area contributed by atoms with Crippen LogP contribution in [0.1, 0.15) is 0 Å². The number of nitrogens with zero attached hydrogens (tertiary/aromatic N) is 6. The minimum Gasteiger partial charge on any atom is -0.308 e. The Kier molecular flexibility index (Phi) is 9.80. The highest BCUT2D eigenvalue weighted by Crippen LogP contribution is 2.43. The average Bonchev–Trinajstić information content (AvgIpc) is 4.23. The fraction of sp³-hybridized carbons (Fsp3) is 0. The topological polar surface area (TPSA) is 61.4 Å². The second-order valence-electron chi connectivity index (χ2n) is 19.3. The second kappa shape index (κ2) is 17.2. The van der Waals surface area contributed by atoms with Crippen LogP contribution in [0.3, 0.4) is 0 Å². The lowest BCUT2D eigenvalue weighted by Crippen LogP contribution is -2.72. The van der Waals surface area contributed by atoms with Gasteiger partial charge in [0, 0.05) is 43.8 Å². The van der Waals surface area contributed by atoms with Crippen molar-refractivity contribution >= 4 is 72.4 Å². The minimum atomic E-state index is -2.68. The summed E-state index contributed by atoms with van der Waals surface area (Å²) in [7, 11) is -2.68. The van der Waals surface area contributed by atoms with Crippen LogP contribution in [0.15, 0.2) is 267 Å². The van der Waals surface area contributed by atoms with Gasteiger partial charge in [-0.15, -0.1) is 0 Å². The van der Waals surface area contributed by atoms with Gasteiger partial charge in [-0.05, 0) is 68.3 Å². The minimum absolute atomic E-state index is 0.554. The Hall–Kier alpha value is -9.82. The van der Waals surface area contributed by atoms with E-state index in [1.54, 1.807) is 0 Å². The summed E-state index contributed by atoms with van der Waals surface area (Å²) in [6, 6.07) is 96.1. The molecule has 0 spiro atoms. The number of fused-ring (bicyclic) bond motifs is 10. The van der Waals surface area contributed by atoms with Crippen LogP contribution in [0.2, 0.25) is 0 Å². The quantitative estimate of drug-likeness (QED) is 0.142. The third kappa shape index (κ3) is 6.65. The molecular formula is C68H44N6Si. The standard InChI is InChI=1S/C68H44N6Si/c1-6-22-45(23-7-1)57-43-49(44-58(69-57)48-38-41-63-56(42-48)53-33-18-21-37-62(53)75(63,50-28-12-4-13-29-50)51-30-14-5-15-31-51)73-59-35-19-16-32-52(59)54-39-40-61-64(65(54)73)55-34-17-20-36-60(55)74(61)68-71-66(46-24-8-2-9-25-46)70-67(72-68)47-26-10-3-11-27-47/h1-44H. The van der Waals surface area contributed by atoms with E-state index in [0.717, 1.165) is 77.6 Å². The number of pyridine rings is 1. The maximum atomic E-state index is 5.57. The molecule has 7 heteroatoms. The number of hydrogen-bond acceptors (Lipinski definition) is 4. The van der Waals surface area contributed by atoms with E-state index in [-0.39, 0.29) is 0 Å². The normalized spacial score (nSPS) is 12.6. The van der Waals surface area contributed by atoms with E-state index in [0.29, 0.717) is 17.6 Å². The summed E-state index contributed by atoms with van der Waals surface area (Å²) in [5.74, 6) is 1.78. The molecule has 4 aromatic heterocycles. The highest BCUT2D eigenvalue weighted by Gasteiger charge is 2.48. The van der Waals surface area contributed by atoms with Gasteiger partial charge in [-0.25, -0.2) is 9.97 Å². The Morgan fingerprint density at radius 1 is 0.307 bits per heavy atom. The van der Waals surface area contributed by atoms with Crippen molar-refractivity contribution in [2.45, 2.75) is 0 Å². The lowest BCUT2D eigenvalue weighted by atomic mass is 10.0. The molecule has 0 bridgehead atoms. The van der Waals surface area contributed by atoms with Crippen molar-refractivity contribution in [3.63, 3.8) is 0 Å². The van der Waals surface area contributed by atoms with Crippen LogP contribution in [0.25, 0.3) is 112 Å². The Bertz CT molecular complexity index is 4420. The molecule has 0 unspecified atom stereocenters.